The minimum Gasteiger partial charge on any atom is -0.492 e. The topological polar surface area (TPSA) is 59.0 Å². The van der Waals surface area contributed by atoms with Crippen molar-refractivity contribution in [2.45, 2.75) is 26.0 Å². The molecule has 1 saturated heterocycles. The predicted octanol–water partition coefficient (Wildman–Crippen LogP) is 3.03. The molecule has 1 atom stereocenters. The minimum atomic E-state index is -0.723. The van der Waals surface area contributed by atoms with E-state index in [1.807, 2.05) is 31.2 Å². The molecule has 0 bridgehead atoms. The molecular weight excluding hydrogens is 349 g/mol. The quantitative estimate of drug-likeness (QED) is 0.876. The molecule has 0 amide bonds. The molecule has 6 heteroatoms. The van der Waals surface area contributed by atoms with Crippen LogP contribution in [0.15, 0.2) is 36.4 Å². The van der Waals surface area contributed by atoms with Crippen LogP contribution in [0.5, 0.6) is 11.5 Å². The molecule has 0 radical (unpaired) electrons. The van der Waals surface area contributed by atoms with Crippen molar-refractivity contribution in [3.8, 4) is 11.5 Å². The van der Waals surface area contributed by atoms with Gasteiger partial charge in [0.05, 0.1) is 5.92 Å². The Balaban J connectivity index is 1.36. The Morgan fingerprint density at radius 2 is 2.11 bits per heavy atom. The number of carboxylic acids is 1. The van der Waals surface area contributed by atoms with Gasteiger partial charge in [0.15, 0.2) is 0 Å². The van der Waals surface area contributed by atoms with E-state index < -0.39 is 5.97 Å². The van der Waals surface area contributed by atoms with Crippen molar-refractivity contribution in [3.63, 3.8) is 0 Å². The molecule has 1 fully saturated rings. The van der Waals surface area contributed by atoms with Crippen molar-refractivity contribution in [2.24, 2.45) is 5.92 Å². The van der Waals surface area contributed by atoms with Crippen molar-refractivity contribution >= 4 is 5.97 Å². The summed E-state index contributed by atoms with van der Waals surface area (Å²) in [5.74, 6) is 0.246. The number of likely N-dealkylation sites (tertiary alicyclic amines) is 1. The number of benzene rings is 2. The molecule has 5 nitrogen and oxygen atoms in total. The van der Waals surface area contributed by atoms with Gasteiger partial charge in [-0.05, 0) is 48.2 Å². The second-order valence-electron chi connectivity index (χ2n) is 7.35. The van der Waals surface area contributed by atoms with Crippen LogP contribution >= 0.6 is 0 Å². The zero-order chi connectivity index (χ0) is 19.0. The van der Waals surface area contributed by atoms with E-state index in [1.165, 1.54) is 12.1 Å². The SMILES string of the molecule is Cc1cc(F)cc(COc2ccc3c(c2)OCC(N2CC(C(=O)O)C2)C3)c1. The minimum absolute atomic E-state index is 0.218. The Hall–Kier alpha value is -2.60. The normalized spacial score (nSPS) is 19.7. The molecule has 142 valence electrons. The van der Waals surface area contributed by atoms with Gasteiger partial charge < -0.3 is 14.6 Å². The maximum atomic E-state index is 13.5. The number of rotatable bonds is 5. The van der Waals surface area contributed by atoms with E-state index in [1.54, 1.807) is 0 Å². The first kappa shape index (κ1) is 17.8. The fourth-order valence-electron chi connectivity index (χ4n) is 3.69. The van der Waals surface area contributed by atoms with Gasteiger partial charge in [0.25, 0.3) is 0 Å². The molecule has 27 heavy (non-hydrogen) atoms. The van der Waals surface area contributed by atoms with Crippen molar-refractivity contribution in [1.82, 2.24) is 4.90 Å². The fraction of sp³-hybridized carbons (Fsp3) is 0.381. The lowest BCUT2D eigenvalue weighted by Crippen LogP contribution is -2.57. The smallest absolute Gasteiger partial charge is 0.309 e. The van der Waals surface area contributed by atoms with Crippen molar-refractivity contribution < 1.29 is 23.8 Å². The van der Waals surface area contributed by atoms with Gasteiger partial charge in [-0.3, -0.25) is 9.69 Å². The maximum absolute atomic E-state index is 13.5. The van der Waals surface area contributed by atoms with Crippen LogP contribution in [0.1, 0.15) is 16.7 Å². The highest BCUT2D eigenvalue weighted by atomic mass is 19.1. The highest BCUT2D eigenvalue weighted by molar-refractivity contribution is 5.71. The van der Waals surface area contributed by atoms with Crippen molar-refractivity contribution in [3.05, 3.63) is 58.9 Å². The molecular formula is C21H22FNO4. The van der Waals surface area contributed by atoms with Crippen molar-refractivity contribution in [1.29, 1.82) is 0 Å². The molecule has 0 aromatic heterocycles. The monoisotopic (exact) mass is 371 g/mol. The standard InChI is InChI=1S/C21H22FNO4/c1-13-4-14(6-17(22)5-13)11-26-19-3-2-15-7-18(12-27-20(15)8-19)23-9-16(10-23)21(24)25/h2-6,8,16,18H,7,9-12H2,1H3,(H,24,25). The molecule has 2 heterocycles. The molecule has 0 aliphatic carbocycles. The summed E-state index contributed by atoms with van der Waals surface area (Å²) >= 11 is 0. The Kier molecular flexibility index (Phi) is 4.74. The molecule has 4 rings (SSSR count). The van der Waals surface area contributed by atoms with Gasteiger partial charge in [-0.1, -0.05) is 12.1 Å². The molecule has 2 aromatic rings. The van der Waals surface area contributed by atoms with E-state index in [2.05, 4.69) is 4.90 Å². The number of nitrogens with zero attached hydrogens (tertiary/aromatic N) is 1. The van der Waals surface area contributed by atoms with Gasteiger partial charge in [0.1, 0.15) is 30.5 Å². The van der Waals surface area contributed by atoms with Crippen LogP contribution in [-0.4, -0.2) is 41.7 Å². The Morgan fingerprint density at radius 1 is 1.30 bits per heavy atom. The first-order chi connectivity index (χ1) is 13.0. The number of aliphatic carboxylic acids is 1. The van der Waals surface area contributed by atoms with Crippen LogP contribution in [0, 0.1) is 18.7 Å². The van der Waals surface area contributed by atoms with Gasteiger partial charge in [-0.2, -0.15) is 0 Å². The van der Waals surface area contributed by atoms with E-state index in [0.717, 1.165) is 28.9 Å². The average Bonchev–Trinajstić information content (AvgIpc) is 2.57. The lowest BCUT2D eigenvalue weighted by Gasteiger charge is -2.43. The average molecular weight is 371 g/mol. The number of fused-ring (bicyclic) bond motifs is 1. The van der Waals surface area contributed by atoms with Crippen LogP contribution < -0.4 is 9.47 Å². The van der Waals surface area contributed by atoms with Crippen LogP contribution in [-0.2, 0) is 17.8 Å². The Bertz CT molecular complexity index is 843. The third-order valence-corrected chi connectivity index (χ3v) is 5.21. The second-order valence-corrected chi connectivity index (χ2v) is 7.35. The molecule has 0 spiro atoms. The van der Waals surface area contributed by atoms with Gasteiger partial charge in [-0.25, -0.2) is 4.39 Å². The number of aryl methyl sites for hydroxylation is 1. The summed E-state index contributed by atoms with van der Waals surface area (Å²) in [6.07, 6.45) is 0.838. The highest BCUT2D eigenvalue weighted by Gasteiger charge is 2.38. The van der Waals surface area contributed by atoms with E-state index >= 15 is 0 Å². The molecule has 1 unspecified atom stereocenters. The van der Waals surface area contributed by atoms with Gasteiger partial charge in [-0.15, -0.1) is 0 Å². The van der Waals surface area contributed by atoms with Gasteiger partial charge in [0.2, 0.25) is 0 Å². The van der Waals surface area contributed by atoms with Crippen LogP contribution in [0.25, 0.3) is 0 Å². The Labute approximate surface area is 157 Å². The van der Waals surface area contributed by atoms with Crippen LogP contribution in [0.2, 0.25) is 0 Å². The van der Waals surface area contributed by atoms with E-state index in [4.69, 9.17) is 14.6 Å². The molecule has 2 aromatic carbocycles. The highest BCUT2D eigenvalue weighted by Crippen LogP contribution is 2.32. The van der Waals surface area contributed by atoms with Crippen LogP contribution in [0.4, 0.5) is 4.39 Å². The predicted molar refractivity (Wildman–Crippen MR) is 97.6 cm³/mol. The zero-order valence-electron chi connectivity index (χ0n) is 15.2. The summed E-state index contributed by atoms with van der Waals surface area (Å²) in [6, 6.07) is 10.8. The fourth-order valence-corrected chi connectivity index (χ4v) is 3.69. The number of ether oxygens (including phenoxy) is 2. The summed E-state index contributed by atoms with van der Waals surface area (Å²) in [4.78, 5) is 13.1. The largest absolute Gasteiger partial charge is 0.492 e. The Morgan fingerprint density at radius 3 is 2.85 bits per heavy atom. The molecule has 2 aliphatic heterocycles. The summed E-state index contributed by atoms with van der Waals surface area (Å²) in [5, 5.41) is 9.01. The van der Waals surface area contributed by atoms with Gasteiger partial charge in [0, 0.05) is 25.2 Å². The van der Waals surface area contributed by atoms with Crippen LogP contribution in [0.3, 0.4) is 0 Å². The van der Waals surface area contributed by atoms with Crippen molar-refractivity contribution in [2.75, 3.05) is 19.7 Å². The number of carbonyl (C=O) groups is 1. The lowest BCUT2D eigenvalue weighted by atomic mass is 9.93. The molecule has 0 saturated carbocycles. The number of hydrogen-bond acceptors (Lipinski definition) is 4. The summed E-state index contributed by atoms with van der Waals surface area (Å²) in [6.45, 7) is 3.88. The summed E-state index contributed by atoms with van der Waals surface area (Å²) in [7, 11) is 0. The first-order valence-corrected chi connectivity index (χ1v) is 9.09. The first-order valence-electron chi connectivity index (χ1n) is 9.09. The third-order valence-electron chi connectivity index (χ3n) is 5.21. The van der Waals surface area contributed by atoms with E-state index in [9.17, 15) is 9.18 Å². The second kappa shape index (κ2) is 7.19. The number of carboxylic acid groups (broad SMARTS) is 1. The zero-order valence-corrected chi connectivity index (χ0v) is 15.2. The summed E-state index contributed by atoms with van der Waals surface area (Å²) < 4.78 is 25.2. The lowest BCUT2D eigenvalue weighted by molar-refractivity contribution is -0.149. The van der Waals surface area contributed by atoms with Gasteiger partial charge >= 0.3 is 5.97 Å². The maximum Gasteiger partial charge on any atom is 0.309 e. The van der Waals surface area contributed by atoms with E-state index in [0.29, 0.717) is 32.1 Å². The summed E-state index contributed by atoms with van der Waals surface area (Å²) in [5.41, 5.74) is 2.75. The molecule has 2 aliphatic rings. The van der Waals surface area contributed by atoms with E-state index in [-0.39, 0.29) is 17.8 Å². The molecule has 1 N–H and O–H groups in total. The number of halogens is 1. The number of hydrogen-bond donors (Lipinski definition) is 1. The third kappa shape index (κ3) is 3.90.